The van der Waals surface area contributed by atoms with Gasteiger partial charge >= 0.3 is 0 Å². The summed E-state index contributed by atoms with van der Waals surface area (Å²) in [5, 5.41) is 3.31. The third-order valence-electron chi connectivity index (χ3n) is 3.41. The first-order valence-corrected chi connectivity index (χ1v) is 6.39. The molecule has 16 heavy (non-hydrogen) atoms. The highest BCUT2D eigenvalue weighted by Gasteiger charge is 2.26. The minimum Gasteiger partial charge on any atom is -0.342 e. The van der Waals surface area contributed by atoms with Gasteiger partial charge in [0.2, 0.25) is 0 Å². The van der Waals surface area contributed by atoms with Crippen LogP contribution in [0.5, 0.6) is 0 Å². The van der Waals surface area contributed by atoms with E-state index < -0.39 is 0 Å². The van der Waals surface area contributed by atoms with Crippen molar-refractivity contribution in [1.29, 1.82) is 0 Å². The summed E-state index contributed by atoms with van der Waals surface area (Å²) < 4.78 is 1.09. The molecule has 0 aliphatic carbocycles. The Morgan fingerprint density at radius 2 is 2.25 bits per heavy atom. The van der Waals surface area contributed by atoms with Crippen molar-refractivity contribution < 1.29 is 0 Å². The van der Waals surface area contributed by atoms with Gasteiger partial charge in [0.05, 0.1) is 11.0 Å². The third-order valence-corrected chi connectivity index (χ3v) is 3.91. The van der Waals surface area contributed by atoms with E-state index in [9.17, 15) is 0 Å². The quantitative estimate of drug-likeness (QED) is 0.888. The average Bonchev–Trinajstić information content (AvgIpc) is 2.57. The maximum atomic E-state index is 4.65. The second-order valence-electron chi connectivity index (χ2n) is 4.49. The number of nitrogens with zero attached hydrogens (tertiary/aromatic N) is 1. The molecule has 1 unspecified atom stereocenters. The highest BCUT2D eigenvalue weighted by molar-refractivity contribution is 9.10. The molecule has 3 rings (SSSR count). The number of hydrogen-bond acceptors (Lipinski definition) is 2. The van der Waals surface area contributed by atoms with Crippen molar-refractivity contribution in [2.24, 2.45) is 5.92 Å². The standard InChI is InChI=1S/C12H14BrN3/c1-7(8-5-14-6-8)12-15-10-3-2-9(13)4-11(10)16-12/h2-4,7-8,14H,5-6H2,1H3,(H,15,16). The first-order chi connectivity index (χ1) is 7.74. The number of H-pyrrole nitrogens is 1. The van der Waals surface area contributed by atoms with E-state index in [-0.39, 0.29) is 0 Å². The lowest BCUT2D eigenvalue weighted by Crippen LogP contribution is -2.44. The Kier molecular flexibility index (Phi) is 2.48. The summed E-state index contributed by atoms with van der Waals surface area (Å²) in [5.41, 5.74) is 2.17. The lowest BCUT2D eigenvalue weighted by Gasteiger charge is -2.31. The van der Waals surface area contributed by atoms with Crippen molar-refractivity contribution in [3.63, 3.8) is 0 Å². The summed E-state index contributed by atoms with van der Waals surface area (Å²) in [7, 11) is 0. The van der Waals surface area contributed by atoms with Crippen LogP contribution in [0.1, 0.15) is 18.7 Å². The van der Waals surface area contributed by atoms with Gasteiger partial charge in [-0.1, -0.05) is 22.9 Å². The van der Waals surface area contributed by atoms with Crippen LogP contribution in [0.2, 0.25) is 0 Å². The van der Waals surface area contributed by atoms with E-state index in [1.54, 1.807) is 0 Å². The van der Waals surface area contributed by atoms with Crippen molar-refractivity contribution in [3.05, 3.63) is 28.5 Å². The van der Waals surface area contributed by atoms with E-state index >= 15 is 0 Å². The van der Waals surface area contributed by atoms with Crippen LogP contribution in [0, 0.1) is 5.92 Å². The molecule has 1 aromatic carbocycles. The molecule has 84 valence electrons. The Morgan fingerprint density at radius 1 is 1.44 bits per heavy atom. The first kappa shape index (κ1) is 10.3. The SMILES string of the molecule is CC(c1nc2ccc(Br)cc2[nH]1)C1CNC1. The third kappa shape index (κ3) is 1.66. The Bertz CT molecular complexity index is 516. The van der Waals surface area contributed by atoms with Crippen molar-refractivity contribution in [1.82, 2.24) is 15.3 Å². The second kappa shape index (κ2) is 3.86. The number of aromatic nitrogens is 2. The molecule has 0 bridgehead atoms. The number of imidazole rings is 1. The van der Waals surface area contributed by atoms with Gasteiger partial charge < -0.3 is 10.3 Å². The van der Waals surface area contributed by atoms with Crippen LogP contribution in [0.25, 0.3) is 11.0 Å². The second-order valence-corrected chi connectivity index (χ2v) is 5.41. The van der Waals surface area contributed by atoms with Gasteiger partial charge in [0.1, 0.15) is 5.82 Å². The zero-order valence-electron chi connectivity index (χ0n) is 9.13. The number of nitrogens with one attached hydrogen (secondary N) is 2. The maximum Gasteiger partial charge on any atom is 0.110 e. The molecule has 2 heterocycles. The largest absolute Gasteiger partial charge is 0.342 e. The fourth-order valence-corrected chi connectivity index (χ4v) is 2.47. The van der Waals surface area contributed by atoms with E-state index in [4.69, 9.17) is 0 Å². The lowest BCUT2D eigenvalue weighted by atomic mass is 9.88. The normalized spacial score (nSPS) is 18.6. The van der Waals surface area contributed by atoms with Gasteiger partial charge in [-0.25, -0.2) is 4.98 Å². The van der Waals surface area contributed by atoms with E-state index in [0.717, 1.165) is 40.3 Å². The molecule has 0 amide bonds. The molecular weight excluding hydrogens is 266 g/mol. The molecule has 1 atom stereocenters. The molecule has 1 aliphatic heterocycles. The summed E-state index contributed by atoms with van der Waals surface area (Å²) in [6.07, 6.45) is 0. The fourth-order valence-electron chi connectivity index (χ4n) is 2.11. The summed E-state index contributed by atoms with van der Waals surface area (Å²) >= 11 is 3.47. The monoisotopic (exact) mass is 279 g/mol. The van der Waals surface area contributed by atoms with Gasteiger partial charge in [-0.2, -0.15) is 0 Å². The van der Waals surface area contributed by atoms with Crippen molar-refractivity contribution in [3.8, 4) is 0 Å². The number of fused-ring (bicyclic) bond motifs is 1. The van der Waals surface area contributed by atoms with Crippen LogP contribution in [0.4, 0.5) is 0 Å². The Hall–Kier alpha value is -0.870. The Balaban J connectivity index is 1.97. The molecule has 0 radical (unpaired) electrons. The average molecular weight is 280 g/mol. The molecule has 1 aliphatic rings. The minimum atomic E-state index is 0.507. The van der Waals surface area contributed by atoms with Crippen LogP contribution in [0.3, 0.4) is 0 Å². The fraction of sp³-hybridized carbons (Fsp3) is 0.417. The van der Waals surface area contributed by atoms with Crippen molar-refractivity contribution in [2.75, 3.05) is 13.1 Å². The summed E-state index contributed by atoms with van der Waals surface area (Å²) in [6, 6.07) is 6.16. The number of halogens is 1. The van der Waals surface area contributed by atoms with Gasteiger partial charge in [-0.3, -0.25) is 0 Å². The molecule has 0 saturated carbocycles. The van der Waals surface area contributed by atoms with Gasteiger partial charge in [-0.05, 0) is 37.2 Å². The van der Waals surface area contributed by atoms with E-state index in [0.29, 0.717) is 5.92 Å². The Morgan fingerprint density at radius 3 is 2.94 bits per heavy atom. The molecule has 4 heteroatoms. The van der Waals surface area contributed by atoms with Gasteiger partial charge in [0.15, 0.2) is 0 Å². The van der Waals surface area contributed by atoms with Crippen LogP contribution in [-0.2, 0) is 0 Å². The number of benzene rings is 1. The highest BCUT2D eigenvalue weighted by atomic mass is 79.9. The van der Waals surface area contributed by atoms with Crippen LogP contribution in [-0.4, -0.2) is 23.1 Å². The van der Waals surface area contributed by atoms with E-state index in [1.807, 2.05) is 12.1 Å². The molecule has 1 saturated heterocycles. The van der Waals surface area contributed by atoms with Gasteiger partial charge in [-0.15, -0.1) is 0 Å². The zero-order valence-corrected chi connectivity index (χ0v) is 10.7. The highest BCUT2D eigenvalue weighted by Crippen LogP contribution is 2.27. The van der Waals surface area contributed by atoms with Crippen molar-refractivity contribution in [2.45, 2.75) is 12.8 Å². The molecule has 0 spiro atoms. The van der Waals surface area contributed by atoms with Gasteiger partial charge in [0.25, 0.3) is 0 Å². The van der Waals surface area contributed by atoms with Crippen LogP contribution in [0.15, 0.2) is 22.7 Å². The lowest BCUT2D eigenvalue weighted by molar-refractivity contribution is 0.297. The van der Waals surface area contributed by atoms with E-state index in [1.165, 1.54) is 0 Å². The number of hydrogen-bond donors (Lipinski definition) is 2. The molecule has 3 nitrogen and oxygen atoms in total. The van der Waals surface area contributed by atoms with E-state index in [2.05, 4.69) is 44.2 Å². The number of aromatic amines is 1. The maximum absolute atomic E-state index is 4.65. The smallest absolute Gasteiger partial charge is 0.110 e. The minimum absolute atomic E-state index is 0.507. The van der Waals surface area contributed by atoms with Crippen molar-refractivity contribution >= 4 is 27.0 Å². The zero-order chi connectivity index (χ0) is 11.1. The molecule has 1 aromatic heterocycles. The first-order valence-electron chi connectivity index (χ1n) is 5.60. The predicted molar refractivity (Wildman–Crippen MR) is 68.6 cm³/mol. The Labute approximate surface area is 103 Å². The molecular formula is C12H14BrN3. The summed E-state index contributed by atoms with van der Waals surface area (Å²) in [5.74, 6) is 2.34. The topological polar surface area (TPSA) is 40.7 Å². The molecule has 2 N–H and O–H groups in total. The summed E-state index contributed by atoms with van der Waals surface area (Å²) in [4.78, 5) is 8.07. The number of rotatable bonds is 2. The summed E-state index contributed by atoms with van der Waals surface area (Å²) in [6.45, 7) is 4.47. The van der Waals surface area contributed by atoms with Crippen LogP contribution >= 0.6 is 15.9 Å². The predicted octanol–water partition coefficient (Wildman–Crippen LogP) is 2.65. The molecule has 2 aromatic rings. The van der Waals surface area contributed by atoms with Crippen LogP contribution < -0.4 is 5.32 Å². The van der Waals surface area contributed by atoms with Gasteiger partial charge in [0, 0.05) is 10.4 Å². The molecule has 1 fully saturated rings.